The van der Waals surface area contributed by atoms with Crippen LogP contribution in [-0.2, 0) is 12.3 Å². The molecule has 1 aromatic heterocycles. The molecular formula is C10H8ClFN2O. The first-order valence-corrected chi connectivity index (χ1v) is 4.93. The van der Waals surface area contributed by atoms with E-state index in [1.807, 2.05) is 0 Å². The molecule has 1 aromatic carbocycles. The molecule has 0 aliphatic rings. The lowest BCUT2D eigenvalue weighted by molar-refractivity contribution is 0.469. The van der Waals surface area contributed by atoms with Crippen molar-refractivity contribution in [1.29, 1.82) is 0 Å². The summed E-state index contributed by atoms with van der Waals surface area (Å²) < 4.78 is 18.4. The zero-order valence-electron chi connectivity index (χ0n) is 7.78. The van der Waals surface area contributed by atoms with Gasteiger partial charge in [-0.25, -0.2) is 4.39 Å². The molecule has 0 radical (unpaired) electrons. The third-order valence-corrected chi connectivity index (χ3v) is 2.15. The van der Waals surface area contributed by atoms with E-state index >= 15 is 0 Å². The van der Waals surface area contributed by atoms with Crippen LogP contribution in [0.5, 0.6) is 0 Å². The lowest BCUT2D eigenvalue weighted by atomic mass is 10.1. The van der Waals surface area contributed by atoms with Crippen LogP contribution in [-0.4, -0.2) is 10.2 Å². The monoisotopic (exact) mass is 226 g/mol. The lowest BCUT2D eigenvalue weighted by Crippen LogP contribution is -1.92. The van der Waals surface area contributed by atoms with Crippen LogP contribution in [0.4, 0.5) is 4.39 Å². The van der Waals surface area contributed by atoms with E-state index in [1.165, 1.54) is 6.07 Å². The number of nitrogens with zero attached hydrogens (tertiary/aromatic N) is 2. The summed E-state index contributed by atoms with van der Waals surface area (Å²) >= 11 is 5.50. The largest absolute Gasteiger partial charge is 0.424 e. The number of hydrogen-bond acceptors (Lipinski definition) is 3. The molecule has 0 bridgehead atoms. The summed E-state index contributed by atoms with van der Waals surface area (Å²) in [6.07, 6.45) is 0.288. The quantitative estimate of drug-likeness (QED) is 0.755. The summed E-state index contributed by atoms with van der Waals surface area (Å²) in [5.41, 5.74) is 0.530. The van der Waals surface area contributed by atoms with Crippen molar-refractivity contribution in [1.82, 2.24) is 10.2 Å². The Morgan fingerprint density at radius 3 is 2.60 bits per heavy atom. The molecule has 0 atom stereocenters. The average molecular weight is 227 g/mol. The van der Waals surface area contributed by atoms with Gasteiger partial charge in [0.05, 0.1) is 6.42 Å². The summed E-state index contributed by atoms with van der Waals surface area (Å²) in [4.78, 5) is 0. The Morgan fingerprint density at radius 1 is 1.20 bits per heavy atom. The fourth-order valence-electron chi connectivity index (χ4n) is 1.22. The Kier molecular flexibility index (Phi) is 2.97. The molecule has 78 valence electrons. The first-order chi connectivity index (χ1) is 7.29. The van der Waals surface area contributed by atoms with Gasteiger partial charge < -0.3 is 4.42 Å². The van der Waals surface area contributed by atoms with Crippen LogP contribution < -0.4 is 0 Å². The summed E-state index contributed by atoms with van der Waals surface area (Å²) in [5, 5.41) is 7.45. The number of hydrogen-bond donors (Lipinski definition) is 0. The first kappa shape index (κ1) is 10.1. The van der Waals surface area contributed by atoms with Gasteiger partial charge >= 0.3 is 0 Å². The second kappa shape index (κ2) is 4.40. The summed E-state index contributed by atoms with van der Waals surface area (Å²) in [6.45, 7) is 0. The molecule has 2 rings (SSSR count). The van der Waals surface area contributed by atoms with Crippen molar-refractivity contribution in [3.05, 3.63) is 47.4 Å². The molecule has 0 N–H and O–H groups in total. The maximum absolute atomic E-state index is 13.2. The molecule has 1 heterocycles. The summed E-state index contributed by atoms with van der Waals surface area (Å²) in [5.74, 6) is 0.617. The van der Waals surface area contributed by atoms with Gasteiger partial charge in [0.1, 0.15) is 11.7 Å². The standard InChI is InChI=1S/C10H8ClFN2O/c11-6-10-14-13-9(15-10)5-7-3-1-2-4-8(7)12/h1-4H,5-6H2. The van der Waals surface area contributed by atoms with Crippen molar-refractivity contribution in [3.8, 4) is 0 Å². The van der Waals surface area contributed by atoms with E-state index in [0.29, 0.717) is 17.3 Å². The maximum Gasteiger partial charge on any atom is 0.231 e. The number of alkyl halides is 1. The van der Waals surface area contributed by atoms with E-state index in [4.69, 9.17) is 16.0 Å². The molecular weight excluding hydrogens is 219 g/mol. The topological polar surface area (TPSA) is 38.9 Å². The number of aromatic nitrogens is 2. The second-order valence-electron chi connectivity index (χ2n) is 2.99. The molecule has 0 fully saturated rings. The molecule has 5 heteroatoms. The normalized spacial score (nSPS) is 10.5. The summed E-state index contributed by atoms with van der Waals surface area (Å²) in [6, 6.07) is 6.47. The Labute approximate surface area is 90.9 Å². The highest BCUT2D eigenvalue weighted by molar-refractivity contribution is 6.16. The highest BCUT2D eigenvalue weighted by atomic mass is 35.5. The van der Waals surface area contributed by atoms with Crippen LogP contribution in [0.2, 0.25) is 0 Å². The van der Waals surface area contributed by atoms with Crippen molar-refractivity contribution in [2.75, 3.05) is 0 Å². The van der Waals surface area contributed by atoms with Crippen LogP contribution in [0.25, 0.3) is 0 Å². The van der Waals surface area contributed by atoms with Crippen LogP contribution in [0, 0.1) is 5.82 Å². The van der Waals surface area contributed by atoms with Crippen molar-refractivity contribution >= 4 is 11.6 Å². The molecule has 2 aromatic rings. The van der Waals surface area contributed by atoms with Gasteiger partial charge in [-0.1, -0.05) is 18.2 Å². The Balaban J connectivity index is 2.18. The Hall–Kier alpha value is -1.42. The molecule has 0 saturated heterocycles. The van der Waals surface area contributed by atoms with Gasteiger partial charge in [-0.2, -0.15) is 0 Å². The third-order valence-electron chi connectivity index (χ3n) is 1.92. The van der Waals surface area contributed by atoms with Gasteiger partial charge in [0, 0.05) is 0 Å². The average Bonchev–Trinajstić information content (AvgIpc) is 2.69. The zero-order valence-corrected chi connectivity index (χ0v) is 8.54. The second-order valence-corrected chi connectivity index (χ2v) is 3.26. The Morgan fingerprint density at radius 2 is 1.93 bits per heavy atom. The number of rotatable bonds is 3. The number of benzene rings is 1. The van der Waals surface area contributed by atoms with Gasteiger partial charge in [-0.15, -0.1) is 21.8 Å². The van der Waals surface area contributed by atoms with E-state index in [1.54, 1.807) is 18.2 Å². The third kappa shape index (κ3) is 2.33. The maximum atomic E-state index is 13.2. The highest BCUT2D eigenvalue weighted by Gasteiger charge is 2.08. The molecule has 0 amide bonds. The zero-order chi connectivity index (χ0) is 10.7. The predicted molar refractivity (Wildman–Crippen MR) is 53.1 cm³/mol. The minimum absolute atomic E-state index is 0.171. The van der Waals surface area contributed by atoms with E-state index in [-0.39, 0.29) is 18.1 Å². The minimum atomic E-state index is -0.275. The van der Waals surface area contributed by atoms with E-state index in [0.717, 1.165) is 0 Å². The SMILES string of the molecule is Fc1ccccc1Cc1nnc(CCl)o1. The molecule has 15 heavy (non-hydrogen) atoms. The van der Waals surface area contributed by atoms with Gasteiger partial charge in [-0.3, -0.25) is 0 Å². The van der Waals surface area contributed by atoms with Crippen molar-refractivity contribution in [2.24, 2.45) is 0 Å². The summed E-state index contributed by atoms with van der Waals surface area (Å²) in [7, 11) is 0. The molecule has 0 aliphatic carbocycles. The van der Waals surface area contributed by atoms with Crippen LogP contribution in [0.1, 0.15) is 17.3 Å². The van der Waals surface area contributed by atoms with E-state index in [2.05, 4.69) is 10.2 Å². The highest BCUT2D eigenvalue weighted by Crippen LogP contribution is 2.12. The van der Waals surface area contributed by atoms with E-state index in [9.17, 15) is 4.39 Å². The fraction of sp³-hybridized carbons (Fsp3) is 0.200. The van der Waals surface area contributed by atoms with Crippen molar-refractivity contribution < 1.29 is 8.81 Å². The smallest absolute Gasteiger partial charge is 0.231 e. The fourth-order valence-corrected chi connectivity index (χ4v) is 1.33. The van der Waals surface area contributed by atoms with Crippen molar-refractivity contribution in [2.45, 2.75) is 12.3 Å². The molecule has 3 nitrogen and oxygen atoms in total. The lowest BCUT2D eigenvalue weighted by Gasteiger charge is -1.97. The van der Waals surface area contributed by atoms with E-state index < -0.39 is 0 Å². The Bertz CT molecular complexity index is 458. The van der Waals surface area contributed by atoms with Gasteiger partial charge in [0.2, 0.25) is 11.8 Å². The molecule has 0 aliphatic heterocycles. The van der Waals surface area contributed by atoms with Crippen molar-refractivity contribution in [3.63, 3.8) is 0 Å². The van der Waals surface area contributed by atoms with Crippen LogP contribution >= 0.6 is 11.6 Å². The molecule has 0 spiro atoms. The molecule has 0 unspecified atom stereocenters. The van der Waals surface area contributed by atoms with Crippen LogP contribution in [0.3, 0.4) is 0 Å². The van der Waals surface area contributed by atoms with Gasteiger partial charge in [0.25, 0.3) is 0 Å². The molecule has 0 saturated carbocycles. The van der Waals surface area contributed by atoms with Crippen LogP contribution in [0.15, 0.2) is 28.7 Å². The number of halogens is 2. The minimum Gasteiger partial charge on any atom is -0.424 e. The first-order valence-electron chi connectivity index (χ1n) is 4.40. The van der Waals surface area contributed by atoms with Gasteiger partial charge in [-0.05, 0) is 11.6 Å². The predicted octanol–water partition coefficient (Wildman–Crippen LogP) is 2.54. The van der Waals surface area contributed by atoms with Gasteiger partial charge in [0.15, 0.2) is 0 Å².